The van der Waals surface area contributed by atoms with Crippen LogP contribution in [0.3, 0.4) is 0 Å². The van der Waals surface area contributed by atoms with Crippen molar-refractivity contribution in [2.75, 3.05) is 4.90 Å². The molecule has 0 spiro atoms. The molecule has 1 aliphatic heterocycles. The molecule has 1 aromatic heterocycles. The number of hydrogen-bond acceptors (Lipinski definition) is 6. The number of amides is 2. The fourth-order valence-electron chi connectivity index (χ4n) is 3.55. The monoisotopic (exact) mass is 502 g/mol. The molecule has 172 valence electrons. The van der Waals surface area contributed by atoms with Crippen LogP contribution in [-0.2, 0) is 9.59 Å². The van der Waals surface area contributed by atoms with Crippen LogP contribution in [0.2, 0.25) is 5.02 Å². The van der Waals surface area contributed by atoms with E-state index in [2.05, 4.69) is 5.32 Å². The Labute approximate surface area is 209 Å². The Morgan fingerprint density at radius 2 is 1.66 bits per heavy atom. The summed E-state index contributed by atoms with van der Waals surface area (Å²) in [5.74, 6) is -0.162. The van der Waals surface area contributed by atoms with E-state index in [1.54, 1.807) is 30.3 Å². The fourth-order valence-corrected chi connectivity index (χ4v) is 4.00. The third kappa shape index (κ3) is 4.44. The van der Waals surface area contributed by atoms with Crippen LogP contribution in [0.25, 0.3) is 17.0 Å². The first-order valence-corrected chi connectivity index (χ1v) is 11.1. The highest BCUT2D eigenvalue weighted by atomic mass is 35.5. The van der Waals surface area contributed by atoms with Gasteiger partial charge in [-0.25, -0.2) is 0 Å². The molecule has 2 amide bonds. The van der Waals surface area contributed by atoms with Gasteiger partial charge in [-0.1, -0.05) is 29.8 Å². The number of para-hydroxylation sites is 1. The molecule has 4 aromatic rings. The summed E-state index contributed by atoms with van der Waals surface area (Å²) in [6, 6.07) is 20.5. The molecule has 1 aliphatic rings. The summed E-state index contributed by atoms with van der Waals surface area (Å²) in [6.07, 6.45) is 2.38. The topological polar surface area (TPSA) is 88.8 Å². The van der Waals surface area contributed by atoms with Crippen molar-refractivity contribution in [2.45, 2.75) is 0 Å². The minimum atomic E-state index is -0.712. The van der Waals surface area contributed by atoms with Gasteiger partial charge in [0.25, 0.3) is 11.8 Å². The van der Waals surface area contributed by atoms with E-state index in [1.807, 2.05) is 30.3 Å². The highest BCUT2D eigenvalue weighted by Gasteiger charge is 2.34. The van der Waals surface area contributed by atoms with Gasteiger partial charge < -0.3 is 9.15 Å². The van der Waals surface area contributed by atoms with Gasteiger partial charge in [-0.05, 0) is 66.8 Å². The van der Waals surface area contributed by atoms with E-state index in [-0.39, 0.29) is 21.6 Å². The van der Waals surface area contributed by atoms with E-state index in [1.165, 1.54) is 29.4 Å². The number of carbonyl (C=O) groups excluding carboxylic acids is 2. The second-order valence-corrected chi connectivity index (χ2v) is 8.35. The Balaban J connectivity index is 1.46. The molecule has 1 fully saturated rings. The fraction of sp³-hybridized carbons (Fsp3) is 0. The highest BCUT2D eigenvalue weighted by Crippen LogP contribution is 2.27. The minimum absolute atomic E-state index is 0.0395. The number of carbonyl (C=O) groups is 2. The number of nitrogens with one attached hydrogen (secondary N) is 1. The zero-order valence-corrected chi connectivity index (χ0v) is 19.4. The molecule has 7 nitrogen and oxygen atoms in total. The van der Waals surface area contributed by atoms with E-state index in [9.17, 15) is 14.4 Å². The predicted octanol–water partition coefficient (Wildman–Crippen LogP) is 5.07. The van der Waals surface area contributed by atoms with Gasteiger partial charge in [0, 0.05) is 11.1 Å². The predicted molar refractivity (Wildman–Crippen MR) is 137 cm³/mol. The van der Waals surface area contributed by atoms with Crippen molar-refractivity contribution in [1.29, 1.82) is 0 Å². The van der Waals surface area contributed by atoms with Crippen LogP contribution < -0.4 is 20.4 Å². The van der Waals surface area contributed by atoms with Gasteiger partial charge in [0.05, 0.1) is 16.6 Å². The molecule has 5 rings (SSSR count). The molecule has 2 heterocycles. The highest BCUT2D eigenvalue weighted by molar-refractivity contribution is 7.80. The Bertz CT molecular complexity index is 1580. The number of halogens is 1. The quantitative estimate of drug-likeness (QED) is 0.238. The maximum Gasteiger partial charge on any atom is 0.270 e. The van der Waals surface area contributed by atoms with Gasteiger partial charge in [-0.2, -0.15) is 0 Å². The van der Waals surface area contributed by atoms with Gasteiger partial charge in [0.15, 0.2) is 10.5 Å². The van der Waals surface area contributed by atoms with Crippen molar-refractivity contribution >= 4 is 63.5 Å². The third-order valence-corrected chi connectivity index (χ3v) is 5.76. The number of fused-ring (bicyclic) bond motifs is 1. The molecule has 0 aliphatic carbocycles. The second-order valence-electron chi connectivity index (χ2n) is 7.53. The van der Waals surface area contributed by atoms with Gasteiger partial charge in [0.2, 0.25) is 0 Å². The Kier molecular flexibility index (Phi) is 5.90. The smallest absolute Gasteiger partial charge is 0.270 e. The lowest BCUT2D eigenvalue weighted by Gasteiger charge is -2.29. The van der Waals surface area contributed by atoms with Gasteiger partial charge in [0.1, 0.15) is 28.9 Å². The van der Waals surface area contributed by atoms with Crippen molar-refractivity contribution in [3.63, 3.8) is 0 Å². The molecule has 3 aromatic carbocycles. The largest absolute Gasteiger partial charge is 0.463 e. The second kappa shape index (κ2) is 9.17. The van der Waals surface area contributed by atoms with Crippen LogP contribution in [0.5, 0.6) is 11.5 Å². The first kappa shape index (κ1) is 22.5. The number of rotatable bonds is 4. The molecular formula is C26H15ClN2O5S. The molecule has 1 saturated heterocycles. The summed E-state index contributed by atoms with van der Waals surface area (Å²) in [5.41, 5.74) is 0.0934. The lowest BCUT2D eigenvalue weighted by Crippen LogP contribution is -2.54. The zero-order valence-electron chi connectivity index (χ0n) is 17.9. The van der Waals surface area contributed by atoms with E-state index >= 15 is 0 Å². The number of anilines is 1. The van der Waals surface area contributed by atoms with E-state index < -0.39 is 17.2 Å². The van der Waals surface area contributed by atoms with Crippen molar-refractivity contribution < 1.29 is 18.7 Å². The first-order valence-electron chi connectivity index (χ1n) is 10.4. The normalized spacial score (nSPS) is 14.9. The molecule has 1 N–H and O–H groups in total. The summed E-state index contributed by atoms with van der Waals surface area (Å²) in [7, 11) is 0. The summed E-state index contributed by atoms with van der Waals surface area (Å²) >= 11 is 11.2. The number of ether oxygens (including phenoxy) is 1. The zero-order chi connectivity index (χ0) is 24.5. The molecule has 9 heteroatoms. The van der Waals surface area contributed by atoms with E-state index in [0.717, 1.165) is 0 Å². The van der Waals surface area contributed by atoms with Crippen LogP contribution in [0.1, 0.15) is 5.56 Å². The summed E-state index contributed by atoms with van der Waals surface area (Å²) in [4.78, 5) is 39.9. The number of thiocarbonyl (C=S) groups is 1. The van der Waals surface area contributed by atoms with Crippen molar-refractivity contribution in [2.24, 2.45) is 0 Å². The molecule has 0 bridgehead atoms. The van der Waals surface area contributed by atoms with Crippen LogP contribution in [-0.4, -0.2) is 16.9 Å². The standard InChI is InChI=1S/C26H15ClN2O5S/c27-16-6-11-20-22(13-16)33-14-15(23(20)30)12-21-24(31)28-26(35)29(25(21)32)17-7-9-19(10-8-17)34-18-4-2-1-3-5-18/h1-14H,(H,28,31,35). The SMILES string of the molecule is O=C1NC(=S)N(c2ccc(Oc3ccccc3)cc2)C(=O)C1=Cc1coc2cc(Cl)ccc2c1=O. The maximum absolute atomic E-state index is 13.3. The number of benzene rings is 3. The Hall–Kier alpha value is -4.27. The molecule has 0 saturated carbocycles. The van der Waals surface area contributed by atoms with Gasteiger partial charge in [-0.3, -0.25) is 24.6 Å². The van der Waals surface area contributed by atoms with Crippen LogP contribution in [0, 0.1) is 0 Å². The minimum Gasteiger partial charge on any atom is -0.463 e. The summed E-state index contributed by atoms with van der Waals surface area (Å²) in [5, 5.41) is 3.11. The molecule has 0 atom stereocenters. The summed E-state index contributed by atoms with van der Waals surface area (Å²) in [6.45, 7) is 0. The van der Waals surface area contributed by atoms with E-state index in [0.29, 0.717) is 27.8 Å². The number of nitrogens with zero attached hydrogens (tertiary/aromatic N) is 1. The van der Waals surface area contributed by atoms with Gasteiger partial charge in [-0.15, -0.1) is 0 Å². The van der Waals surface area contributed by atoms with Crippen molar-refractivity contribution in [3.05, 3.63) is 105 Å². The van der Waals surface area contributed by atoms with Crippen LogP contribution >= 0.6 is 23.8 Å². The lowest BCUT2D eigenvalue weighted by atomic mass is 10.1. The Morgan fingerprint density at radius 3 is 2.40 bits per heavy atom. The molecular weight excluding hydrogens is 488 g/mol. The summed E-state index contributed by atoms with van der Waals surface area (Å²) < 4.78 is 11.3. The van der Waals surface area contributed by atoms with Crippen LogP contribution in [0.4, 0.5) is 5.69 Å². The van der Waals surface area contributed by atoms with Crippen molar-refractivity contribution in [1.82, 2.24) is 5.32 Å². The lowest BCUT2D eigenvalue weighted by molar-refractivity contribution is -0.122. The van der Waals surface area contributed by atoms with Crippen LogP contribution in [0.15, 0.2) is 93.8 Å². The third-order valence-electron chi connectivity index (χ3n) is 5.24. The average molecular weight is 503 g/mol. The van der Waals surface area contributed by atoms with Gasteiger partial charge >= 0.3 is 0 Å². The molecule has 0 radical (unpaired) electrons. The molecule has 0 unspecified atom stereocenters. The Morgan fingerprint density at radius 1 is 0.943 bits per heavy atom. The number of hydrogen-bond donors (Lipinski definition) is 1. The van der Waals surface area contributed by atoms with Crippen molar-refractivity contribution in [3.8, 4) is 11.5 Å². The molecule has 35 heavy (non-hydrogen) atoms. The maximum atomic E-state index is 13.3. The average Bonchev–Trinajstić information content (AvgIpc) is 2.84. The first-order chi connectivity index (χ1) is 16.9. The van der Waals surface area contributed by atoms with E-state index in [4.69, 9.17) is 33.0 Å².